The van der Waals surface area contributed by atoms with E-state index in [1.807, 2.05) is 12.3 Å². The zero-order chi connectivity index (χ0) is 11.3. The van der Waals surface area contributed by atoms with Gasteiger partial charge >= 0.3 is 0 Å². The van der Waals surface area contributed by atoms with E-state index in [1.54, 1.807) is 0 Å². The summed E-state index contributed by atoms with van der Waals surface area (Å²) in [6.07, 6.45) is 1.84. The molecule has 0 unspecified atom stereocenters. The first-order chi connectivity index (χ1) is 7.09. The average Bonchev–Trinajstić information content (AvgIpc) is 2.17. The fourth-order valence-electron chi connectivity index (χ4n) is 1.25. The Labute approximate surface area is 92.5 Å². The third kappa shape index (κ3) is 4.30. The minimum atomic E-state index is 0.595. The van der Waals surface area contributed by atoms with E-state index in [0.717, 1.165) is 18.9 Å². The third-order valence-corrected chi connectivity index (χ3v) is 2.57. The molecule has 1 rings (SSSR count). The fourth-order valence-corrected chi connectivity index (χ4v) is 1.25. The minimum absolute atomic E-state index is 0.595. The van der Waals surface area contributed by atoms with Crippen molar-refractivity contribution in [2.24, 2.45) is 0 Å². The molecule has 1 N–H and O–H groups in total. The van der Waals surface area contributed by atoms with Crippen molar-refractivity contribution in [3.63, 3.8) is 0 Å². The lowest BCUT2D eigenvalue weighted by Gasteiger charge is -2.21. The van der Waals surface area contributed by atoms with Crippen molar-refractivity contribution >= 4 is 5.82 Å². The summed E-state index contributed by atoms with van der Waals surface area (Å²) in [5.41, 5.74) is 1.24. The number of rotatable bonds is 5. The number of nitrogens with zero attached hydrogens (tertiary/aromatic N) is 2. The number of nitrogens with one attached hydrogen (secondary N) is 1. The molecule has 84 valence electrons. The quantitative estimate of drug-likeness (QED) is 0.802. The molecule has 1 heterocycles. The summed E-state index contributed by atoms with van der Waals surface area (Å²) in [5.74, 6) is 0.965. The SMILES string of the molecule is Cc1ccnc(NCCN(C)C(C)C)c1. The Morgan fingerprint density at radius 2 is 2.20 bits per heavy atom. The molecule has 15 heavy (non-hydrogen) atoms. The highest BCUT2D eigenvalue weighted by Crippen LogP contribution is 2.04. The first-order valence-corrected chi connectivity index (χ1v) is 5.46. The Hall–Kier alpha value is -1.09. The van der Waals surface area contributed by atoms with Crippen LogP contribution < -0.4 is 5.32 Å². The van der Waals surface area contributed by atoms with E-state index in [2.05, 4.69) is 49.1 Å². The number of hydrogen-bond acceptors (Lipinski definition) is 3. The molecule has 0 spiro atoms. The molecule has 0 amide bonds. The summed E-state index contributed by atoms with van der Waals surface area (Å²) in [6, 6.07) is 4.66. The molecular formula is C12H21N3. The van der Waals surface area contributed by atoms with Gasteiger partial charge in [-0.15, -0.1) is 0 Å². The van der Waals surface area contributed by atoms with E-state index < -0.39 is 0 Å². The molecule has 1 aromatic heterocycles. The Morgan fingerprint density at radius 1 is 1.47 bits per heavy atom. The van der Waals surface area contributed by atoms with Crippen LogP contribution in [0.25, 0.3) is 0 Å². The average molecular weight is 207 g/mol. The van der Waals surface area contributed by atoms with E-state index in [1.165, 1.54) is 5.56 Å². The van der Waals surface area contributed by atoms with E-state index in [9.17, 15) is 0 Å². The molecule has 0 saturated heterocycles. The number of hydrogen-bond donors (Lipinski definition) is 1. The van der Waals surface area contributed by atoms with Crippen LogP contribution in [0.1, 0.15) is 19.4 Å². The van der Waals surface area contributed by atoms with Gasteiger partial charge in [-0.3, -0.25) is 0 Å². The van der Waals surface area contributed by atoms with Crippen molar-refractivity contribution in [3.8, 4) is 0 Å². The van der Waals surface area contributed by atoms with Gasteiger partial charge < -0.3 is 10.2 Å². The van der Waals surface area contributed by atoms with Crippen LogP contribution in [0.5, 0.6) is 0 Å². The number of likely N-dealkylation sites (N-methyl/N-ethyl adjacent to an activating group) is 1. The molecule has 0 atom stereocenters. The Kier molecular flexibility index (Phi) is 4.56. The zero-order valence-electron chi connectivity index (χ0n) is 10.1. The number of pyridine rings is 1. The van der Waals surface area contributed by atoms with Crippen LogP contribution in [-0.4, -0.2) is 36.1 Å². The maximum atomic E-state index is 4.25. The Morgan fingerprint density at radius 3 is 2.80 bits per heavy atom. The first-order valence-electron chi connectivity index (χ1n) is 5.46. The van der Waals surface area contributed by atoms with Crippen molar-refractivity contribution in [3.05, 3.63) is 23.9 Å². The summed E-state index contributed by atoms with van der Waals surface area (Å²) in [7, 11) is 2.13. The van der Waals surface area contributed by atoms with E-state index in [-0.39, 0.29) is 0 Å². The van der Waals surface area contributed by atoms with Gasteiger partial charge in [-0.05, 0) is 45.5 Å². The molecule has 0 aliphatic heterocycles. The van der Waals surface area contributed by atoms with Crippen LogP contribution >= 0.6 is 0 Å². The van der Waals surface area contributed by atoms with Gasteiger partial charge in [-0.1, -0.05) is 0 Å². The van der Waals surface area contributed by atoms with Crippen LogP contribution in [0, 0.1) is 6.92 Å². The molecular weight excluding hydrogens is 186 g/mol. The molecule has 3 heteroatoms. The lowest BCUT2D eigenvalue weighted by Crippen LogP contribution is -2.31. The smallest absolute Gasteiger partial charge is 0.126 e. The van der Waals surface area contributed by atoms with E-state index in [4.69, 9.17) is 0 Å². The second kappa shape index (κ2) is 5.71. The lowest BCUT2D eigenvalue weighted by atomic mass is 10.3. The molecule has 0 radical (unpaired) electrons. The largest absolute Gasteiger partial charge is 0.369 e. The summed E-state index contributed by atoms with van der Waals surface area (Å²) < 4.78 is 0. The molecule has 0 saturated carbocycles. The normalized spacial score (nSPS) is 11.1. The van der Waals surface area contributed by atoms with Gasteiger partial charge in [0.2, 0.25) is 0 Å². The summed E-state index contributed by atoms with van der Waals surface area (Å²) in [5, 5.41) is 3.32. The zero-order valence-corrected chi connectivity index (χ0v) is 10.1. The summed E-state index contributed by atoms with van der Waals surface area (Å²) in [6.45, 7) is 8.45. The van der Waals surface area contributed by atoms with Crippen molar-refractivity contribution in [1.82, 2.24) is 9.88 Å². The van der Waals surface area contributed by atoms with Crippen LogP contribution in [0.3, 0.4) is 0 Å². The summed E-state index contributed by atoms with van der Waals surface area (Å²) in [4.78, 5) is 6.56. The molecule has 0 aromatic carbocycles. The minimum Gasteiger partial charge on any atom is -0.369 e. The van der Waals surface area contributed by atoms with Gasteiger partial charge in [-0.2, -0.15) is 0 Å². The van der Waals surface area contributed by atoms with Gasteiger partial charge in [-0.25, -0.2) is 4.98 Å². The lowest BCUT2D eigenvalue weighted by molar-refractivity contribution is 0.284. The molecule has 3 nitrogen and oxygen atoms in total. The molecule has 0 aliphatic carbocycles. The number of anilines is 1. The van der Waals surface area contributed by atoms with Gasteiger partial charge in [0.05, 0.1) is 0 Å². The Balaban J connectivity index is 2.32. The highest BCUT2D eigenvalue weighted by Gasteiger charge is 2.01. The highest BCUT2D eigenvalue weighted by molar-refractivity contribution is 5.36. The van der Waals surface area contributed by atoms with Crippen LogP contribution in [0.2, 0.25) is 0 Å². The standard InChI is InChI=1S/C12H21N3/c1-10(2)15(4)8-7-14-12-9-11(3)5-6-13-12/h5-6,9-10H,7-8H2,1-4H3,(H,13,14). The van der Waals surface area contributed by atoms with Gasteiger partial charge in [0.1, 0.15) is 5.82 Å². The van der Waals surface area contributed by atoms with E-state index in [0.29, 0.717) is 6.04 Å². The van der Waals surface area contributed by atoms with Crippen LogP contribution in [-0.2, 0) is 0 Å². The maximum Gasteiger partial charge on any atom is 0.126 e. The monoisotopic (exact) mass is 207 g/mol. The number of aromatic nitrogens is 1. The van der Waals surface area contributed by atoms with Gasteiger partial charge in [0.15, 0.2) is 0 Å². The topological polar surface area (TPSA) is 28.2 Å². The predicted molar refractivity (Wildman–Crippen MR) is 65.2 cm³/mol. The molecule has 0 aliphatic rings. The van der Waals surface area contributed by atoms with Crippen LogP contribution in [0.15, 0.2) is 18.3 Å². The van der Waals surface area contributed by atoms with E-state index >= 15 is 0 Å². The van der Waals surface area contributed by atoms with Crippen LogP contribution in [0.4, 0.5) is 5.82 Å². The fraction of sp³-hybridized carbons (Fsp3) is 0.583. The second-order valence-electron chi connectivity index (χ2n) is 4.22. The third-order valence-electron chi connectivity index (χ3n) is 2.57. The predicted octanol–water partition coefficient (Wildman–Crippen LogP) is 2.14. The number of aryl methyl sites for hydroxylation is 1. The maximum absolute atomic E-state index is 4.25. The van der Waals surface area contributed by atoms with Crippen molar-refractivity contribution < 1.29 is 0 Å². The highest BCUT2D eigenvalue weighted by atomic mass is 15.1. The molecule has 1 aromatic rings. The van der Waals surface area contributed by atoms with Crippen molar-refractivity contribution in [1.29, 1.82) is 0 Å². The molecule has 0 fully saturated rings. The summed E-state index contributed by atoms with van der Waals surface area (Å²) >= 11 is 0. The van der Waals surface area contributed by atoms with Crippen molar-refractivity contribution in [2.75, 3.05) is 25.5 Å². The first kappa shape index (κ1) is 12.0. The van der Waals surface area contributed by atoms with Gasteiger partial charge in [0, 0.05) is 25.3 Å². The van der Waals surface area contributed by atoms with Crippen molar-refractivity contribution in [2.45, 2.75) is 26.8 Å². The van der Waals surface area contributed by atoms with Gasteiger partial charge in [0.25, 0.3) is 0 Å². The second-order valence-corrected chi connectivity index (χ2v) is 4.22. The Bertz CT molecular complexity index is 297. The molecule has 0 bridgehead atoms.